The van der Waals surface area contributed by atoms with Crippen LogP contribution in [0.4, 0.5) is 27.6 Å². The van der Waals surface area contributed by atoms with Crippen LogP contribution in [0.1, 0.15) is 11.1 Å². The van der Waals surface area contributed by atoms with Gasteiger partial charge in [0.05, 0.1) is 11.6 Å². The third-order valence-electron chi connectivity index (χ3n) is 2.72. The van der Waals surface area contributed by atoms with Crippen molar-refractivity contribution in [2.75, 3.05) is 5.32 Å². The van der Waals surface area contributed by atoms with E-state index in [0.717, 1.165) is 12.1 Å². The van der Waals surface area contributed by atoms with Crippen LogP contribution >= 0.6 is 0 Å². The molecule has 0 atom stereocenters. The number of anilines is 1. The van der Waals surface area contributed by atoms with Crippen molar-refractivity contribution >= 4 is 5.69 Å². The number of nitriles is 1. The van der Waals surface area contributed by atoms with E-state index in [9.17, 15) is 22.0 Å². The highest BCUT2D eigenvalue weighted by Gasteiger charge is 2.15. The standard InChI is InChI=1S/C14H7F5N2/c15-8-3-12(18)14(13(19)4-8)21-6-9-10(16)1-7(5-20)2-11(9)17/h1-4,21H,6H2. The third kappa shape index (κ3) is 3.11. The highest BCUT2D eigenvalue weighted by Crippen LogP contribution is 2.22. The molecule has 0 bridgehead atoms. The Kier molecular flexibility index (Phi) is 4.08. The van der Waals surface area contributed by atoms with Crippen molar-refractivity contribution in [2.24, 2.45) is 0 Å². The summed E-state index contributed by atoms with van der Waals surface area (Å²) in [6.07, 6.45) is 0. The molecule has 0 amide bonds. The zero-order valence-corrected chi connectivity index (χ0v) is 10.4. The fourth-order valence-electron chi connectivity index (χ4n) is 1.72. The van der Waals surface area contributed by atoms with Crippen LogP contribution in [0.15, 0.2) is 24.3 Å². The Morgan fingerprint density at radius 2 is 1.38 bits per heavy atom. The van der Waals surface area contributed by atoms with Crippen LogP contribution in [0, 0.1) is 40.4 Å². The number of hydrogen-bond donors (Lipinski definition) is 1. The van der Waals surface area contributed by atoms with Crippen molar-refractivity contribution < 1.29 is 22.0 Å². The zero-order valence-electron chi connectivity index (χ0n) is 10.4. The van der Waals surface area contributed by atoms with Gasteiger partial charge in [-0.15, -0.1) is 0 Å². The van der Waals surface area contributed by atoms with Crippen LogP contribution < -0.4 is 5.32 Å². The normalized spacial score (nSPS) is 10.3. The molecule has 2 aromatic rings. The highest BCUT2D eigenvalue weighted by molar-refractivity contribution is 5.47. The predicted molar refractivity (Wildman–Crippen MR) is 64.7 cm³/mol. The Bertz CT molecular complexity index is 691. The highest BCUT2D eigenvalue weighted by atomic mass is 19.2. The second kappa shape index (κ2) is 5.79. The maximum absolute atomic E-state index is 13.6. The lowest BCUT2D eigenvalue weighted by molar-refractivity contribution is 0.542. The molecule has 0 saturated heterocycles. The first-order valence-electron chi connectivity index (χ1n) is 5.69. The van der Waals surface area contributed by atoms with E-state index in [1.165, 1.54) is 0 Å². The van der Waals surface area contributed by atoms with E-state index >= 15 is 0 Å². The van der Waals surface area contributed by atoms with Gasteiger partial charge in [0.15, 0.2) is 11.6 Å². The molecule has 0 aliphatic heterocycles. The first-order chi connectivity index (χ1) is 9.92. The van der Waals surface area contributed by atoms with E-state index in [4.69, 9.17) is 5.26 Å². The lowest BCUT2D eigenvalue weighted by atomic mass is 10.1. The number of nitrogens with one attached hydrogen (secondary N) is 1. The van der Waals surface area contributed by atoms with Crippen LogP contribution in [0.2, 0.25) is 0 Å². The minimum Gasteiger partial charge on any atom is -0.376 e. The molecule has 108 valence electrons. The molecule has 0 aliphatic rings. The van der Waals surface area contributed by atoms with Gasteiger partial charge in [-0.25, -0.2) is 22.0 Å². The van der Waals surface area contributed by atoms with Crippen molar-refractivity contribution in [3.63, 3.8) is 0 Å². The van der Waals surface area contributed by atoms with Gasteiger partial charge in [0.1, 0.15) is 23.1 Å². The van der Waals surface area contributed by atoms with E-state index in [2.05, 4.69) is 5.32 Å². The molecule has 2 rings (SSSR count). The number of nitrogens with zero attached hydrogens (tertiary/aromatic N) is 1. The summed E-state index contributed by atoms with van der Waals surface area (Å²) in [5.41, 5.74) is -1.40. The average molecular weight is 298 g/mol. The zero-order chi connectivity index (χ0) is 15.6. The van der Waals surface area contributed by atoms with Gasteiger partial charge in [0.25, 0.3) is 0 Å². The Morgan fingerprint density at radius 1 is 0.857 bits per heavy atom. The number of benzene rings is 2. The fourth-order valence-corrected chi connectivity index (χ4v) is 1.72. The molecule has 0 aromatic heterocycles. The first-order valence-corrected chi connectivity index (χ1v) is 5.69. The maximum Gasteiger partial charge on any atom is 0.152 e. The van der Waals surface area contributed by atoms with Gasteiger partial charge in [-0.3, -0.25) is 0 Å². The lowest BCUT2D eigenvalue weighted by Gasteiger charge is -2.10. The van der Waals surface area contributed by atoms with Crippen LogP contribution in [-0.4, -0.2) is 0 Å². The van der Waals surface area contributed by atoms with Crippen LogP contribution in [0.5, 0.6) is 0 Å². The van der Waals surface area contributed by atoms with Crippen LogP contribution in [0.25, 0.3) is 0 Å². The predicted octanol–water partition coefficient (Wildman–Crippen LogP) is 3.87. The fraction of sp³-hybridized carbons (Fsp3) is 0.0714. The molecule has 0 saturated carbocycles. The minimum atomic E-state index is -1.22. The monoisotopic (exact) mass is 298 g/mol. The lowest BCUT2D eigenvalue weighted by Crippen LogP contribution is -2.08. The van der Waals surface area contributed by atoms with Crippen molar-refractivity contribution in [2.45, 2.75) is 6.54 Å². The summed E-state index contributed by atoms with van der Waals surface area (Å²) in [5, 5.41) is 10.7. The van der Waals surface area contributed by atoms with Crippen molar-refractivity contribution in [1.29, 1.82) is 5.26 Å². The molecule has 0 fully saturated rings. The quantitative estimate of drug-likeness (QED) is 0.873. The maximum atomic E-state index is 13.6. The van der Waals surface area contributed by atoms with Gasteiger partial charge in [0, 0.05) is 24.2 Å². The smallest absolute Gasteiger partial charge is 0.152 e. The average Bonchev–Trinajstić information content (AvgIpc) is 2.39. The van der Waals surface area contributed by atoms with Gasteiger partial charge in [-0.05, 0) is 12.1 Å². The molecule has 7 heteroatoms. The Morgan fingerprint density at radius 3 is 1.86 bits per heavy atom. The van der Waals surface area contributed by atoms with Gasteiger partial charge in [-0.2, -0.15) is 5.26 Å². The molecule has 1 N–H and O–H groups in total. The summed E-state index contributed by atoms with van der Waals surface area (Å²) in [6.45, 7) is -0.567. The van der Waals surface area contributed by atoms with Gasteiger partial charge in [0.2, 0.25) is 0 Å². The number of hydrogen-bond acceptors (Lipinski definition) is 2. The summed E-state index contributed by atoms with van der Waals surface area (Å²) in [6, 6.07) is 4.06. The molecule has 2 aromatic carbocycles. The van der Waals surface area contributed by atoms with Crippen molar-refractivity contribution in [3.8, 4) is 6.07 Å². The summed E-state index contributed by atoms with van der Waals surface area (Å²) < 4.78 is 66.6. The van der Waals surface area contributed by atoms with E-state index in [1.54, 1.807) is 6.07 Å². The second-order valence-corrected chi connectivity index (χ2v) is 4.13. The summed E-state index contributed by atoms with van der Waals surface area (Å²) in [7, 11) is 0. The van der Waals surface area contributed by atoms with Crippen molar-refractivity contribution in [1.82, 2.24) is 0 Å². The molecule has 2 nitrogen and oxygen atoms in total. The Balaban J connectivity index is 2.28. The molecule has 0 heterocycles. The van der Waals surface area contributed by atoms with Crippen LogP contribution in [0.3, 0.4) is 0 Å². The molecule has 0 aliphatic carbocycles. The number of rotatable bonds is 3. The second-order valence-electron chi connectivity index (χ2n) is 4.13. The SMILES string of the molecule is N#Cc1cc(F)c(CNc2c(F)cc(F)cc2F)c(F)c1. The Hall–Kier alpha value is -2.62. The summed E-state index contributed by atoms with van der Waals surface area (Å²) >= 11 is 0. The molecular formula is C14H7F5N2. The van der Waals surface area contributed by atoms with E-state index in [0.29, 0.717) is 12.1 Å². The third-order valence-corrected chi connectivity index (χ3v) is 2.72. The van der Waals surface area contributed by atoms with Gasteiger partial charge < -0.3 is 5.32 Å². The largest absolute Gasteiger partial charge is 0.376 e. The Labute approximate surface area is 116 Å². The van der Waals surface area contributed by atoms with Crippen LogP contribution in [-0.2, 0) is 6.54 Å². The van der Waals surface area contributed by atoms with E-state index in [1.807, 2.05) is 0 Å². The van der Waals surface area contributed by atoms with Gasteiger partial charge >= 0.3 is 0 Å². The number of halogens is 5. The summed E-state index contributed by atoms with van der Waals surface area (Å²) in [4.78, 5) is 0. The molecule has 21 heavy (non-hydrogen) atoms. The van der Waals surface area contributed by atoms with Crippen molar-refractivity contribution in [3.05, 3.63) is 64.5 Å². The topological polar surface area (TPSA) is 35.8 Å². The van der Waals surface area contributed by atoms with E-state index in [-0.39, 0.29) is 5.56 Å². The molecular weight excluding hydrogens is 291 g/mol. The minimum absolute atomic E-state index is 0.215. The van der Waals surface area contributed by atoms with Gasteiger partial charge in [-0.1, -0.05) is 0 Å². The first kappa shape index (κ1) is 14.8. The summed E-state index contributed by atoms with van der Waals surface area (Å²) in [5.74, 6) is -5.60. The molecule has 0 spiro atoms. The van der Waals surface area contributed by atoms with E-state index < -0.39 is 46.9 Å². The molecule has 0 unspecified atom stereocenters. The molecule has 0 radical (unpaired) electrons.